The Hall–Kier alpha value is -0.130. The van der Waals surface area contributed by atoms with Gasteiger partial charge in [-0.25, -0.2) is 0 Å². The molecule has 94 valence electrons. The van der Waals surface area contributed by atoms with E-state index in [1.807, 2.05) is 0 Å². The van der Waals surface area contributed by atoms with Crippen LogP contribution in [0.5, 0.6) is 0 Å². The lowest BCUT2D eigenvalue weighted by molar-refractivity contribution is -0.117. The van der Waals surface area contributed by atoms with Crippen LogP contribution in [0.4, 0.5) is 5.69 Å². The van der Waals surface area contributed by atoms with Gasteiger partial charge in [-0.3, -0.25) is 10.1 Å². The first-order valence-electron chi connectivity index (χ1n) is 4.74. The fraction of sp³-hybridized carbons (Fsp3) is 0.300. The number of hydrogen-bond donors (Lipinski definition) is 2. The number of rotatable bonds is 2. The van der Waals surface area contributed by atoms with Crippen LogP contribution in [0.25, 0.3) is 0 Å². The summed E-state index contributed by atoms with van der Waals surface area (Å²) in [5.74, 6) is 1.58. The van der Waals surface area contributed by atoms with Crippen molar-refractivity contribution in [1.29, 1.82) is 0 Å². The van der Waals surface area contributed by atoms with Gasteiger partial charge in [0.25, 0.3) is 0 Å². The largest absolute Gasteiger partial charge is 0.325 e. The minimum atomic E-state index is -0.126. The maximum atomic E-state index is 11.7. The zero-order chi connectivity index (χ0) is 11.5. The summed E-state index contributed by atoms with van der Waals surface area (Å²) in [7, 11) is 0. The molecule has 7 heteroatoms. The summed E-state index contributed by atoms with van der Waals surface area (Å²) in [6.07, 6.45) is 0. The maximum Gasteiger partial charge on any atom is 0.242 e. The number of benzene rings is 1. The van der Waals surface area contributed by atoms with Gasteiger partial charge in [0.05, 0.1) is 16.1 Å². The van der Waals surface area contributed by atoms with Crippen LogP contribution in [0.1, 0.15) is 0 Å². The Morgan fingerprint density at radius 3 is 2.76 bits per heavy atom. The highest BCUT2D eigenvalue weighted by Crippen LogP contribution is 2.25. The molecule has 2 rings (SSSR count). The number of halogens is 3. The Bertz CT molecular complexity index is 411. The Kier molecular flexibility index (Phi) is 5.89. The van der Waals surface area contributed by atoms with E-state index in [0.717, 1.165) is 11.6 Å². The van der Waals surface area contributed by atoms with Crippen molar-refractivity contribution in [3.8, 4) is 0 Å². The molecule has 1 atom stereocenters. The van der Waals surface area contributed by atoms with Crippen molar-refractivity contribution in [2.24, 2.45) is 0 Å². The second-order valence-electron chi connectivity index (χ2n) is 3.39. The van der Waals surface area contributed by atoms with Crippen LogP contribution in [0, 0.1) is 0 Å². The first-order chi connectivity index (χ1) is 7.66. The number of thioether (sulfide) groups is 1. The summed E-state index contributed by atoms with van der Waals surface area (Å²) in [6.45, 7) is 0. The Labute approximate surface area is 120 Å². The van der Waals surface area contributed by atoms with Gasteiger partial charge in [0.2, 0.25) is 5.91 Å². The second kappa shape index (κ2) is 6.71. The van der Waals surface area contributed by atoms with Gasteiger partial charge in [-0.1, -0.05) is 23.2 Å². The molecule has 3 nitrogen and oxygen atoms in total. The van der Waals surface area contributed by atoms with Gasteiger partial charge in [-0.2, -0.15) is 0 Å². The first kappa shape index (κ1) is 14.9. The minimum Gasteiger partial charge on any atom is -0.325 e. The van der Waals surface area contributed by atoms with Gasteiger partial charge in [0.15, 0.2) is 0 Å². The van der Waals surface area contributed by atoms with E-state index in [-0.39, 0.29) is 24.4 Å². The topological polar surface area (TPSA) is 41.1 Å². The fourth-order valence-corrected chi connectivity index (χ4v) is 2.61. The smallest absolute Gasteiger partial charge is 0.242 e. The van der Waals surface area contributed by atoms with Crippen LogP contribution in [0.15, 0.2) is 18.2 Å². The van der Waals surface area contributed by atoms with E-state index in [9.17, 15) is 4.79 Å². The summed E-state index contributed by atoms with van der Waals surface area (Å²) in [4.78, 5) is 11.7. The SMILES string of the molecule is Cl.O=C(Nc1ccc(Cl)c(Cl)c1)C1CSCN1. The van der Waals surface area contributed by atoms with Gasteiger partial charge in [0, 0.05) is 17.3 Å². The molecule has 1 saturated heterocycles. The molecule has 17 heavy (non-hydrogen) atoms. The maximum absolute atomic E-state index is 11.7. The number of amides is 1. The quantitative estimate of drug-likeness (QED) is 0.882. The molecular weight excluding hydrogens is 303 g/mol. The fourth-order valence-electron chi connectivity index (χ4n) is 1.37. The molecule has 2 N–H and O–H groups in total. The molecule has 1 amide bonds. The van der Waals surface area contributed by atoms with E-state index in [2.05, 4.69) is 10.6 Å². The third kappa shape index (κ3) is 3.93. The molecule has 1 aliphatic heterocycles. The highest BCUT2D eigenvalue weighted by atomic mass is 35.5. The average Bonchev–Trinajstić information content (AvgIpc) is 2.77. The van der Waals surface area contributed by atoms with E-state index in [4.69, 9.17) is 23.2 Å². The third-order valence-electron chi connectivity index (χ3n) is 2.22. The molecule has 0 aliphatic carbocycles. The molecule has 0 bridgehead atoms. The lowest BCUT2D eigenvalue weighted by atomic mass is 10.2. The molecule has 0 saturated carbocycles. The van der Waals surface area contributed by atoms with E-state index in [1.165, 1.54) is 0 Å². The lowest BCUT2D eigenvalue weighted by Crippen LogP contribution is -2.37. The summed E-state index contributed by atoms with van der Waals surface area (Å²) in [5, 5.41) is 6.81. The standard InChI is InChI=1S/C10H10Cl2N2OS.ClH/c11-7-2-1-6(3-8(7)12)14-10(15)9-4-16-5-13-9;/h1-3,9,13H,4-5H2,(H,14,15);1H. The lowest BCUT2D eigenvalue weighted by Gasteiger charge is -2.10. The third-order valence-corrected chi connectivity index (χ3v) is 3.90. The highest BCUT2D eigenvalue weighted by molar-refractivity contribution is 7.99. The molecule has 0 aromatic heterocycles. The minimum absolute atomic E-state index is 0. The van der Waals surface area contributed by atoms with Crippen LogP contribution < -0.4 is 10.6 Å². The normalized spacial score (nSPS) is 18.6. The number of nitrogens with one attached hydrogen (secondary N) is 2. The summed E-state index contributed by atoms with van der Waals surface area (Å²) in [5.41, 5.74) is 0.665. The van der Waals surface area contributed by atoms with Gasteiger partial charge >= 0.3 is 0 Å². The predicted molar refractivity (Wildman–Crippen MR) is 76.6 cm³/mol. The monoisotopic (exact) mass is 312 g/mol. The first-order valence-corrected chi connectivity index (χ1v) is 6.65. The molecule has 1 aromatic rings. The molecule has 1 aromatic carbocycles. The van der Waals surface area contributed by atoms with Gasteiger partial charge < -0.3 is 5.32 Å². The summed E-state index contributed by atoms with van der Waals surface area (Å²) >= 11 is 13.3. The zero-order valence-corrected chi connectivity index (χ0v) is 11.8. The van der Waals surface area contributed by atoms with Crippen molar-refractivity contribution < 1.29 is 4.79 Å². The number of anilines is 1. The van der Waals surface area contributed by atoms with Crippen molar-refractivity contribution in [1.82, 2.24) is 5.32 Å². The van der Waals surface area contributed by atoms with Crippen molar-refractivity contribution in [2.75, 3.05) is 16.9 Å². The van der Waals surface area contributed by atoms with Crippen LogP contribution >= 0.6 is 47.4 Å². The zero-order valence-electron chi connectivity index (χ0n) is 8.70. The second-order valence-corrected chi connectivity index (χ2v) is 5.23. The van der Waals surface area contributed by atoms with Gasteiger partial charge in [-0.05, 0) is 18.2 Å². The van der Waals surface area contributed by atoms with E-state index < -0.39 is 0 Å². The van der Waals surface area contributed by atoms with Crippen molar-refractivity contribution >= 4 is 59.0 Å². The molecular formula is C10H11Cl3N2OS. The van der Waals surface area contributed by atoms with E-state index in [0.29, 0.717) is 15.7 Å². The highest BCUT2D eigenvalue weighted by Gasteiger charge is 2.22. The summed E-state index contributed by atoms with van der Waals surface area (Å²) in [6, 6.07) is 4.91. The summed E-state index contributed by atoms with van der Waals surface area (Å²) < 4.78 is 0. The van der Waals surface area contributed by atoms with Crippen molar-refractivity contribution in [3.05, 3.63) is 28.2 Å². The van der Waals surface area contributed by atoms with Crippen LogP contribution in [-0.4, -0.2) is 23.6 Å². The Balaban J connectivity index is 0.00000144. The molecule has 1 heterocycles. The average molecular weight is 314 g/mol. The Morgan fingerprint density at radius 1 is 1.41 bits per heavy atom. The van der Waals surface area contributed by atoms with Gasteiger partial charge in [0.1, 0.15) is 0 Å². The van der Waals surface area contributed by atoms with E-state index in [1.54, 1.807) is 30.0 Å². The molecule has 1 aliphatic rings. The predicted octanol–water partition coefficient (Wildman–Crippen LogP) is 3.02. The number of hydrogen-bond acceptors (Lipinski definition) is 3. The number of carbonyl (C=O) groups is 1. The Morgan fingerprint density at radius 2 is 2.18 bits per heavy atom. The van der Waals surface area contributed by atoms with Crippen LogP contribution in [0.2, 0.25) is 10.0 Å². The van der Waals surface area contributed by atoms with Crippen LogP contribution in [0.3, 0.4) is 0 Å². The van der Waals surface area contributed by atoms with Gasteiger partial charge in [-0.15, -0.1) is 24.2 Å². The molecule has 1 fully saturated rings. The number of carbonyl (C=O) groups excluding carboxylic acids is 1. The molecule has 0 radical (unpaired) electrons. The van der Waals surface area contributed by atoms with Crippen molar-refractivity contribution in [2.45, 2.75) is 6.04 Å². The van der Waals surface area contributed by atoms with Crippen molar-refractivity contribution in [3.63, 3.8) is 0 Å². The molecule has 0 spiro atoms. The molecule has 1 unspecified atom stereocenters. The van der Waals surface area contributed by atoms with E-state index >= 15 is 0 Å². The van der Waals surface area contributed by atoms with Crippen LogP contribution in [-0.2, 0) is 4.79 Å².